The van der Waals surface area contributed by atoms with Crippen molar-refractivity contribution < 1.29 is 8.78 Å². The van der Waals surface area contributed by atoms with Gasteiger partial charge in [0.05, 0.1) is 0 Å². The lowest BCUT2D eigenvalue weighted by molar-refractivity contribution is 0.331. The van der Waals surface area contributed by atoms with Crippen LogP contribution in [0.2, 0.25) is 0 Å². The minimum Gasteiger partial charge on any atom is -0.314 e. The molecule has 1 fully saturated rings. The molecule has 0 bridgehead atoms. The van der Waals surface area contributed by atoms with Crippen LogP contribution in [0.3, 0.4) is 0 Å². The van der Waals surface area contributed by atoms with Crippen molar-refractivity contribution in [2.24, 2.45) is 0 Å². The van der Waals surface area contributed by atoms with Crippen LogP contribution in [0.15, 0.2) is 23.6 Å². The van der Waals surface area contributed by atoms with E-state index >= 15 is 0 Å². The fourth-order valence-corrected chi connectivity index (χ4v) is 1.88. The van der Waals surface area contributed by atoms with Crippen LogP contribution in [0.1, 0.15) is 19.3 Å². The molecule has 0 saturated heterocycles. The van der Waals surface area contributed by atoms with Crippen LogP contribution >= 0.6 is 0 Å². The number of alkyl halides is 1. The molecule has 0 radical (unpaired) electrons. The van der Waals surface area contributed by atoms with Gasteiger partial charge < -0.3 is 5.32 Å². The van der Waals surface area contributed by atoms with Crippen molar-refractivity contribution in [2.75, 3.05) is 7.05 Å². The highest BCUT2D eigenvalue weighted by Crippen LogP contribution is 2.50. The van der Waals surface area contributed by atoms with Crippen LogP contribution in [-0.2, 0) is 0 Å². The number of rotatable bonds is 2. The van der Waals surface area contributed by atoms with E-state index < -0.39 is 5.67 Å². The van der Waals surface area contributed by atoms with E-state index in [9.17, 15) is 8.78 Å². The van der Waals surface area contributed by atoms with E-state index in [1.54, 1.807) is 13.1 Å². The lowest BCUT2D eigenvalue weighted by Crippen LogP contribution is -2.22. The third-order valence-corrected chi connectivity index (χ3v) is 2.79. The van der Waals surface area contributed by atoms with Gasteiger partial charge in [0.2, 0.25) is 0 Å². The second kappa shape index (κ2) is 2.91. The molecule has 2 aliphatic carbocycles. The molecule has 0 spiro atoms. The van der Waals surface area contributed by atoms with Crippen molar-refractivity contribution in [3.8, 4) is 0 Å². The molecule has 0 aromatic heterocycles. The van der Waals surface area contributed by atoms with Crippen molar-refractivity contribution in [1.29, 1.82) is 0 Å². The normalized spacial score (nSPS) is 38.2. The van der Waals surface area contributed by atoms with Crippen LogP contribution in [0.4, 0.5) is 8.78 Å². The maximum absolute atomic E-state index is 13.9. The van der Waals surface area contributed by atoms with E-state index in [4.69, 9.17) is 0 Å². The van der Waals surface area contributed by atoms with Crippen LogP contribution in [0, 0.1) is 0 Å². The first-order chi connectivity index (χ1) is 6.18. The Morgan fingerprint density at radius 1 is 1.46 bits per heavy atom. The molecule has 0 aliphatic heterocycles. The summed E-state index contributed by atoms with van der Waals surface area (Å²) in [5.74, 6) is -0.369. The molecule has 0 aromatic carbocycles. The Morgan fingerprint density at radius 2 is 2.15 bits per heavy atom. The molecule has 1 N–H and O–H groups in total. The Hall–Kier alpha value is -0.700. The Bertz CT molecular complexity index is 283. The van der Waals surface area contributed by atoms with Gasteiger partial charge in [-0.1, -0.05) is 6.08 Å². The standard InChI is InChI=1S/C10H13F2N/c1-13-9-6-10(9,12)7-4-2-3-5-8(7)11/h4-5,9,13H,2-3,6H2,1H3. The van der Waals surface area contributed by atoms with Gasteiger partial charge >= 0.3 is 0 Å². The number of halogens is 2. The first-order valence-electron chi connectivity index (χ1n) is 4.61. The summed E-state index contributed by atoms with van der Waals surface area (Å²) in [5, 5.41) is 2.84. The highest BCUT2D eigenvalue weighted by Gasteiger charge is 2.58. The molecule has 0 aromatic rings. The summed E-state index contributed by atoms with van der Waals surface area (Å²) >= 11 is 0. The van der Waals surface area contributed by atoms with E-state index in [0.29, 0.717) is 12.8 Å². The molecule has 2 unspecified atom stereocenters. The third-order valence-electron chi connectivity index (χ3n) is 2.79. The van der Waals surface area contributed by atoms with Gasteiger partial charge in [0, 0.05) is 18.0 Å². The highest BCUT2D eigenvalue weighted by atomic mass is 19.2. The van der Waals surface area contributed by atoms with Gasteiger partial charge in [-0.15, -0.1) is 0 Å². The zero-order valence-electron chi connectivity index (χ0n) is 7.61. The van der Waals surface area contributed by atoms with E-state index in [0.717, 1.165) is 6.42 Å². The maximum atomic E-state index is 13.9. The van der Waals surface area contributed by atoms with Crippen LogP contribution < -0.4 is 5.32 Å². The first kappa shape index (κ1) is 8.88. The van der Waals surface area contributed by atoms with Gasteiger partial charge in [0.25, 0.3) is 0 Å². The average molecular weight is 185 g/mol. The Balaban J connectivity index is 2.18. The number of hydrogen-bond donors (Lipinski definition) is 1. The summed E-state index contributed by atoms with van der Waals surface area (Å²) in [6.45, 7) is 0. The quantitative estimate of drug-likeness (QED) is 0.695. The van der Waals surface area contributed by atoms with Crippen molar-refractivity contribution in [3.63, 3.8) is 0 Å². The minimum atomic E-state index is -1.43. The molecule has 2 atom stereocenters. The molecule has 2 rings (SSSR count). The molecular formula is C10H13F2N. The van der Waals surface area contributed by atoms with Gasteiger partial charge in [-0.3, -0.25) is 0 Å². The van der Waals surface area contributed by atoms with Gasteiger partial charge in [0.15, 0.2) is 5.67 Å². The molecule has 1 saturated carbocycles. The summed E-state index contributed by atoms with van der Waals surface area (Å²) in [4.78, 5) is 0. The summed E-state index contributed by atoms with van der Waals surface area (Å²) < 4.78 is 27.1. The zero-order chi connectivity index (χ0) is 9.47. The molecule has 3 heteroatoms. The minimum absolute atomic E-state index is 0.198. The SMILES string of the molecule is CNC1CC1(F)C1=CCCC=C1F. The van der Waals surface area contributed by atoms with Gasteiger partial charge in [-0.05, 0) is 26.0 Å². The first-order valence-corrected chi connectivity index (χ1v) is 4.61. The Kier molecular flexibility index (Phi) is 1.99. The van der Waals surface area contributed by atoms with Crippen LogP contribution in [0.5, 0.6) is 0 Å². The predicted octanol–water partition coefficient (Wildman–Crippen LogP) is 2.26. The number of hydrogen-bond acceptors (Lipinski definition) is 1. The molecule has 72 valence electrons. The molecular weight excluding hydrogens is 172 g/mol. The molecule has 0 amide bonds. The summed E-state index contributed by atoms with van der Waals surface area (Å²) in [6.07, 6.45) is 5.01. The monoisotopic (exact) mass is 185 g/mol. The average Bonchev–Trinajstić information content (AvgIpc) is 2.79. The van der Waals surface area contributed by atoms with Gasteiger partial charge in [-0.2, -0.15) is 0 Å². The molecule has 13 heavy (non-hydrogen) atoms. The van der Waals surface area contributed by atoms with Gasteiger partial charge in [-0.25, -0.2) is 8.78 Å². The fraction of sp³-hybridized carbons (Fsp3) is 0.600. The highest BCUT2D eigenvalue weighted by molar-refractivity contribution is 5.44. The van der Waals surface area contributed by atoms with E-state index in [2.05, 4.69) is 5.32 Å². The summed E-state index contributed by atoms with van der Waals surface area (Å²) in [6, 6.07) is -0.198. The number of nitrogens with one attached hydrogen (secondary N) is 1. The molecule has 0 heterocycles. The second-order valence-electron chi connectivity index (χ2n) is 3.66. The van der Waals surface area contributed by atoms with E-state index in [-0.39, 0.29) is 17.4 Å². The van der Waals surface area contributed by atoms with Crippen molar-refractivity contribution in [1.82, 2.24) is 5.32 Å². The molecule has 1 nitrogen and oxygen atoms in total. The molecule has 2 aliphatic rings. The smallest absolute Gasteiger partial charge is 0.155 e. The Morgan fingerprint density at radius 3 is 2.69 bits per heavy atom. The second-order valence-corrected chi connectivity index (χ2v) is 3.66. The van der Waals surface area contributed by atoms with Crippen molar-refractivity contribution in [2.45, 2.75) is 31.0 Å². The summed E-state index contributed by atoms with van der Waals surface area (Å²) in [7, 11) is 1.71. The van der Waals surface area contributed by atoms with E-state index in [1.165, 1.54) is 6.08 Å². The lowest BCUT2D eigenvalue weighted by Gasteiger charge is -2.14. The summed E-state index contributed by atoms with van der Waals surface area (Å²) in [5.41, 5.74) is -1.17. The third kappa shape index (κ3) is 1.31. The van der Waals surface area contributed by atoms with Crippen molar-refractivity contribution in [3.05, 3.63) is 23.6 Å². The predicted molar refractivity (Wildman–Crippen MR) is 47.8 cm³/mol. The van der Waals surface area contributed by atoms with Crippen LogP contribution in [0.25, 0.3) is 0 Å². The Labute approximate surface area is 76.5 Å². The van der Waals surface area contributed by atoms with Crippen LogP contribution in [-0.4, -0.2) is 18.8 Å². The maximum Gasteiger partial charge on any atom is 0.155 e. The lowest BCUT2D eigenvalue weighted by atomic mass is 10.00. The zero-order valence-corrected chi connectivity index (χ0v) is 7.61. The van der Waals surface area contributed by atoms with E-state index in [1.807, 2.05) is 0 Å². The topological polar surface area (TPSA) is 12.0 Å². The van der Waals surface area contributed by atoms with Gasteiger partial charge in [0.1, 0.15) is 5.83 Å². The van der Waals surface area contributed by atoms with Crippen molar-refractivity contribution >= 4 is 0 Å². The largest absolute Gasteiger partial charge is 0.314 e. The number of allylic oxidation sites excluding steroid dienone is 3. The fourth-order valence-electron chi connectivity index (χ4n) is 1.88.